The number of rotatable bonds is 7. The highest BCUT2D eigenvalue weighted by Crippen LogP contribution is 2.21. The van der Waals surface area contributed by atoms with Crippen molar-refractivity contribution >= 4 is 17.7 Å². The van der Waals surface area contributed by atoms with Crippen LogP contribution >= 0.6 is 0 Å². The van der Waals surface area contributed by atoms with Crippen LogP contribution in [0.1, 0.15) is 38.8 Å². The van der Waals surface area contributed by atoms with E-state index in [1.807, 2.05) is 0 Å². The summed E-state index contributed by atoms with van der Waals surface area (Å²) in [6.45, 7) is 1.62. The molecule has 0 unspecified atom stereocenters. The summed E-state index contributed by atoms with van der Waals surface area (Å²) < 4.78 is 10.3. The summed E-state index contributed by atoms with van der Waals surface area (Å²) in [7, 11) is 1.25. The number of carbonyl (C=O) groups is 3. The van der Waals surface area contributed by atoms with Crippen LogP contribution in [0.15, 0.2) is 42.5 Å². The van der Waals surface area contributed by atoms with Gasteiger partial charge in [-0.3, -0.25) is 9.59 Å². The molecule has 0 aliphatic carbocycles. The number of aliphatic carboxylic acids is 1. The van der Waals surface area contributed by atoms with Gasteiger partial charge in [0.15, 0.2) is 5.78 Å². The van der Waals surface area contributed by atoms with E-state index in [4.69, 9.17) is 14.6 Å². The third kappa shape index (κ3) is 4.91. The van der Waals surface area contributed by atoms with Crippen molar-refractivity contribution in [1.82, 2.24) is 0 Å². The van der Waals surface area contributed by atoms with E-state index in [2.05, 4.69) is 0 Å². The molecular weight excluding hydrogens is 324 g/mol. The molecule has 0 saturated heterocycles. The van der Waals surface area contributed by atoms with Crippen LogP contribution in [-0.4, -0.2) is 29.9 Å². The molecule has 2 rings (SSSR count). The Labute approximate surface area is 145 Å². The van der Waals surface area contributed by atoms with Gasteiger partial charge in [0.25, 0.3) is 0 Å². The molecule has 2 aromatic rings. The lowest BCUT2D eigenvalue weighted by molar-refractivity contribution is -0.136. The molecule has 2 aromatic carbocycles. The number of carboxylic acids is 1. The zero-order valence-corrected chi connectivity index (χ0v) is 13.9. The number of carbonyl (C=O) groups excluding carboxylic acids is 2. The molecule has 0 bridgehead atoms. The summed E-state index contributed by atoms with van der Waals surface area (Å²) in [5, 5.41) is 8.75. The molecule has 0 aromatic heterocycles. The van der Waals surface area contributed by atoms with Crippen LogP contribution in [0.25, 0.3) is 0 Å². The van der Waals surface area contributed by atoms with Crippen molar-refractivity contribution in [3.8, 4) is 5.75 Å². The summed E-state index contributed by atoms with van der Waals surface area (Å²) in [6, 6.07) is 11.6. The van der Waals surface area contributed by atoms with Crippen LogP contribution in [0.2, 0.25) is 0 Å². The number of hydrogen-bond acceptors (Lipinski definition) is 5. The molecule has 0 saturated carbocycles. The van der Waals surface area contributed by atoms with Gasteiger partial charge in [-0.2, -0.15) is 0 Å². The standard InChI is InChI=1S/C19H18O6/c1-12(20)16-8-7-15(10-17(16)19(23)24-2)25-11-14-5-3-13(4-6-14)9-18(21)22/h3-8,10H,9,11H2,1-2H3,(H,21,22). The Bertz CT molecular complexity index is 792. The maximum atomic E-state index is 11.8. The Morgan fingerprint density at radius 2 is 1.60 bits per heavy atom. The molecule has 0 spiro atoms. The van der Waals surface area contributed by atoms with Gasteiger partial charge in [-0.05, 0) is 36.2 Å². The highest BCUT2D eigenvalue weighted by Gasteiger charge is 2.16. The van der Waals surface area contributed by atoms with Gasteiger partial charge in [0.2, 0.25) is 0 Å². The summed E-state index contributed by atoms with van der Waals surface area (Å²) in [5.74, 6) is -1.29. The topological polar surface area (TPSA) is 89.9 Å². The lowest BCUT2D eigenvalue weighted by Crippen LogP contribution is -2.09. The van der Waals surface area contributed by atoms with E-state index in [0.717, 1.165) is 5.56 Å². The molecule has 6 heteroatoms. The molecule has 0 aliphatic heterocycles. The molecule has 25 heavy (non-hydrogen) atoms. The first kappa shape index (κ1) is 18.2. The molecule has 0 heterocycles. The van der Waals surface area contributed by atoms with Crippen molar-refractivity contribution in [2.45, 2.75) is 20.0 Å². The number of hydrogen-bond donors (Lipinski definition) is 1. The van der Waals surface area contributed by atoms with E-state index in [9.17, 15) is 14.4 Å². The number of ketones is 1. The van der Waals surface area contributed by atoms with Crippen molar-refractivity contribution in [1.29, 1.82) is 0 Å². The van der Waals surface area contributed by atoms with E-state index in [0.29, 0.717) is 11.3 Å². The van der Waals surface area contributed by atoms with Crippen LogP contribution < -0.4 is 4.74 Å². The highest BCUT2D eigenvalue weighted by atomic mass is 16.5. The summed E-state index contributed by atoms with van der Waals surface area (Å²) in [6.07, 6.45) is -0.0316. The first-order chi connectivity index (χ1) is 11.9. The summed E-state index contributed by atoms with van der Waals surface area (Å²) in [4.78, 5) is 34.1. The second-order valence-electron chi connectivity index (χ2n) is 5.43. The first-order valence-corrected chi connectivity index (χ1v) is 7.56. The predicted octanol–water partition coefficient (Wildman–Crippen LogP) is 2.88. The molecule has 0 amide bonds. The van der Waals surface area contributed by atoms with Crippen molar-refractivity contribution in [3.05, 3.63) is 64.7 Å². The molecular formula is C19H18O6. The van der Waals surface area contributed by atoms with Crippen LogP contribution in [0, 0.1) is 0 Å². The summed E-state index contributed by atoms with van der Waals surface area (Å²) >= 11 is 0. The zero-order valence-electron chi connectivity index (χ0n) is 13.9. The molecule has 1 N–H and O–H groups in total. The number of Topliss-reactive ketones (excluding diaryl/α,β-unsaturated/α-hetero) is 1. The third-order valence-electron chi connectivity index (χ3n) is 3.56. The predicted molar refractivity (Wildman–Crippen MR) is 89.9 cm³/mol. The van der Waals surface area contributed by atoms with Gasteiger partial charge in [0.05, 0.1) is 19.1 Å². The lowest BCUT2D eigenvalue weighted by Gasteiger charge is -2.10. The Kier molecular flexibility index (Phi) is 5.89. The minimum Gasteiger partial charge on any atom is -0.489 e. The van der Waals surface area contributed by atoms with Gasteiger partial charge in [-0.15, -0.1) is 0 Å². The maximum Gasteiger partial charge on any atom is 0.338 e. The average molecular weight is 342 g/mol. The third-order valence-corrected chi connectivity index (χ3v) is 3.56. The molecule has 0 aliphatic rings. The quantitative estimate of drug-likeness (QED) is 0.615. The Morgan fingerprint density at radius 1 is 0.960 bits per heavy atom. The second kappa shape index (κ2) is 8.10. The van der Waals surface area contributed by atoms with Crippen molar-refractivity contribution in [2.24, 2.45) is 0 Å². The summed E-state index contributed by atoms with van der Waals surface area (Å²) in [5.41, 5.74) is 1.99. The van der Waals surface area contributed by atoms with Gasteiger partial charge < -0.3 is 14.6 Å². The van der Waals surface area contributed by atoms with Gasteiger partial charge in [0, 0.05) is 5.56 Å². The fourth-order valence-electron chi connectivity index (χ4n) is 2.29. The number of esters is 1. The van der Waals surface area contributed by atoms with Gasteiger partial charge in [-0.1, -0.05) is 24.3 Å². The van der Waals surface area contributed by atoms with Crippen LogP contribution in [0.4, 0.5) is 0 Å². The number of benzene rings is 2. The fourth-order valence-corrected chi connectivity index (χ4v) is 2.29. The van der Waals surface area contributed by atoms with E-state index in [-0.39, 0.29) is 29.9 Å². The van der Waals surface area contributed by atoms with E-state index in [1.54, 1.807) is 30.3 Å². The van der Waals surface area contributed by atoms with Crippen molar-refractivity contribution in [3.63, 3.8) is 0 Å². The fraction of sp³-hybridized carbons (Fsp3) is 0.211. The second-order valence-corrected chi connectivity index (χ2v) is 5.43. The number of methoxy groups -OCH3 is 1. The van der Waals surface area contributed by atoms with E-state index < -0.39 is 11.9 Å². The maximum absolute atomic E-state index is 11.8. The van der Waals surface area contributed by atoms with Crippen molar-refractivity contribution in [2.75, 3.05) is 7.11 Å². The van der Waals surface area contributed by atoms with E-state index >= 15 is 0 Å². The Morgan fingerprint density at radius 3 is 2.16 bits per heavy atom. The number of carboxylic acid groups (broad SMARTS) is 1. The molecule has 130 valence electrons. The first-order valence-electron chi connectivity index (χ1n) is 7.56. The van der Waals surface area contributed by atoms with Crippen LogP contribution in [0.5, 0.6) is 5.75 Å². The molecule has 0 radical (unpaired) electrons. The minimum absolute atomic E-state index is 0.0316. The largest absolute Gasteiger partial charge is 0.489 e. The lowest BCUT2D eigenvalue weighted by atomic mass is 10.0. The molecule has 0 fully saturated rings. The van der Waals surface area contributed by atoms with Crippen LogP contribution in [0.3, 0.4) is 0 Å². The molecule has 0 atom stereocenters. The monoisotopic (exact) mass is 342 g/mol. The van der Waals surface area contributed by atoms with Gasteiger partial charge in [0.1, 0.15) is 12.4 Å². The van der Waals surface area contributed by atoms with E-state index in [1.165, 1.54) is 26.2 Å². The zero-order chi connectivity index (χ0) is 18.4. The van der Waals surface area contributed by atoms with Crippen molar-refractivity contribution < 1.29 is 29.0 Å². The highest BCUT2D eigenvalue weighted by molar-refractivity contribution is 6.05. The van der Waals surface area contributed by atoms with Gasteiger partial charge in [-0.25, -0.2) is 4.79 Å². The average Bonchev–Trinajstić information content (AvgIpc) is 2.59. The SMILES string of the molecule is COC(=O)c1cc(OCc2ccc(CC(=O)O)cc2)ccc1C(C)=O. The number of ether oxygens (including phenoxy) is 2. The van der Waals surface area contributed by atoms with Crippen LogP contribution in [-0.2, 0) is 22.6 Å². The normalized spacial score (nSPS) is 10.2. The Hall–Kier alpha value is -3.15. The van der Waals surface area contributed by atoms with Gasteiger partial charge >= 0.3 is 11.9 Å². The minimum atomic E-state index is -0.884. The smallest absolute Gasteiger partial charge is 0.338 e. The Balaban J connectivity index is 2.11. The molecule has 6 nitrogen and oxygen atoms in total.